The highest BCUT2D eigenvalue weighted by Crippen LogP contribution is 2.20. The summed E-state index contributed by atoms with van der Waals surface area (Å²) < 4.78 is 5.67. The van der Waals surface area contributed by atoms with E-state index in [9.17, 15) is 5.11 Å². The molecular weight excluding hydrogens is 236 g/mol. The average Bonchev–Trinajstić information content (AvgIpc) is 2.39. The van der Waals surface area contributed by atoms with E-state index in [0.29, 0.717) is 13.2 Å². The van der Waals surface area contributed by atoms with E-state index in [1.165, 1.54) is 5.56 Å². The molecule has 0 atom stereocenters. The number of benzene rings is 2. The Labute approximate surface area is 114 Å². The first-order valence-corrected chi connectivity index (χ1v) is 6.49. The van der Waals surface area contributed by atoms with Crippen molar-refractivity contribution in [2.75, 3.05) is 0 Å². The lowest BCUT2D eigenvalue weighted by atomic mass is 9.97. The third-order valence-electron chi connectivity index (χ3n) is 3.04. The third-order valence-corrected chi connectivity index (χ3v) is 3.04. The summed E-state index contributed by atoms with van der Waals surface area (Å²) in [5.41, 5.74) is 2.42. The molecule has 0 unspecified atom stereocenters. The largest absolute Gasteiger partial charge is 0.386 e. The normalized spacial score (nSPS) is 11.5. The van der Waals surface area contributed by atoms with E-state index < -0.39 is 5.60 Å². The van der Waals surface area contributed by atoms with Gasteiger partial charge in [0, 0.05) is 0 Å². The van der Waals surface area contributed by atoms with E-state index >= 15 is 0 Å². The van der Waals surface area contributed by atoms with Crippen LogP contribution in [0.25, 0.3) is 0 Å². The van der Waals surface area contributed by atoms with Crippen LogP contribution in [0.5, 0.6) is 0 Å². The Morgan fingerprint density at radius 3 is 1.89 bits per heavy atom. The second-order valence-corrected chi connectivity index (χ2v) is 5.23. The monoisotopic (exact) mass is 256 g/mol. The van der Waals surface area contributed by atoms with Gasteiger partial charge >= 0.3 is 0 Å². The second kappa shape index (κ2) is 6.00. The summed E-state index contributed by atoms with van der Waals surface area (Å²) in [7, 11) is 0. The number of aliphatic hydroxyl groups is 1. The maximum atomic E-state index is 9.87. The molecule has 0 aliphatic heterocycles. The molecule has 2 aromatic carbocycles. The molecule has 0 fully saturated rings. The van der Waals surface area contributed by atoms with Gasteiger partial charge in [0.15, 0.2) is 0 Å². The van der Waals surface area contributed by atoms with Crippen molar-refractivity contribution in [3.05, 3.63) is 71.3 Å². The zero-order chi connectivity index (χ0) is 13.7. The van der Waals surface area contributed by atoms with E-state index in [-0.39, 0.29) is 0 Å². The molecule has 0 heterocycles. The first kappa shape index (κ1) is 13.8. The van der Waals surface area contributed by atoms with Gasteiger partial charge in [0.1, 0.15) is 0 Å². The zero-order valence-electron chi connectivity index (χ0n) is 11.5. The van der Waals surface area contributed by atoms with Crippen LogP contribution in [0.4, 0.5) is 0 Å². The van der Waals surface area contributed by atoms with Crippen molar-refractivity contribution in [3.63, 3.8) is 0 Å². The maximum absolute atomic E-state index is 9.87. The van der Waals surface area contributed by atoms with Crippen LogP contribution >= 0.6 is 0 Å². The summed E-state index contributed by atoms with van der Waals surface area (Å²) in [4.78, 5) is 0. The van der Waals surface area contributed by atoms with Crippen molar-refractivity contribution in [3.8, 4) is 0 Å². The van der Waals surface area contributed by atoms with Gasteiger partial charge in [-0.15, -0.1) is 0 Å². The fourth-order valence-electron chi connectivity index (χ4n) is 1.87. The van der Waals surface area contributed by atoms with Crippen molar-refractivity contribution >= 4 is 0 Å². The second-order valence-electron chi connectivity index (χ2n) is 5.23. The number of rotatable bonds is 5. The molecule has 0 saturated heterocycles. The van der Waals surface area contributed by atoms with Crippen LogP contribution in [-0.4, -0.2) is 5.11 Å². The van der Waals surface area contributed by atoms with Gasteiger partial charge in [-0.3, -0.25) is 0 Å². The van der Waals surface area contributed by atoms with Crippen molar-refractivity contribution in [2.24, 2.45) is 0 Å². The average molecular weight is 256 g/mol. The molecule has 0 spiro atoms. The highest BCUT2D eigenvalue weighted by Gasteiger charge is 2.14. The Kier molecular flexibility index (Phi) is 4.35. The fourth-order valence-corrected chi connectivity index (χ4v) is 1.87. The molecule has 2 aromatic rings. The predicted octanol–water partition coefficient (Wildman–Crippen LogP) is 3.63. The highest BCUT2D eigenvalue weighted by molar-refractivity contribution is 5.25. The topological polar surface area (TPSA) is 29.5 Å². The van der Waals surface area contributed by atoms with Gasteiger partial charge in [-0.05, 0) is 30.5 Å². The lowest BCUT2D eigenvalue weighted by Gasteiger charge is -2.17. The third kappa shape index (κ3) is 4.19. The standard InChI is InChI=1S/C17H20O2/c1-17(2,18)16-10-8-15(9-11-16)13-19-12-14-6-4-3-5-7-14/h3-11,18H,12-13H2,1-2H3. The minimum atomic E-state index is -0.788. The molecule has 2 heteroatoms. The number of hydrogen-bond donors (Lipinski definition) is 1. The van der Waals surface area contributed by atoms with Gasteiger partial charge in [-0.25, -0.2) is 0 Å². The van der Waals surface area contributed by atoms with E-state index in [2.05, 4.69) is 12.1 Å². The minimum absolute atomic E-state index is 0.584. The Morgan fingerprint density at radius 2 is 1.37 bits per heavy atom. The molecule has 1 N–H and O–H groups in total. The van der Waals surface area contributed by atoms with Gasteiger partial charge in [0.05, 0.1) is 18.8 Å². The smallest absolute Gasteiger partial charge is 0.0840 e. The van der Waals surface area contributed by atoms with Crippen LogP contribution in [0.15, 0.2) is 54.6 Å². The van der Waals surface area contributed by atoms with Gasteiger partial charge < -0.3 is 9.84 Å². The number of ether oxygens (including phenoxy) is 1. The lowest BCUT2D eigenvalue weighted by Crippen LogP contribution is -2.15. The summed E-state index contributed by atoms with van der Waals surface area (Å²) in [5.74, 6) is 0. The zero-order valence-corrected chi connectivity index (χ0v) is 11.5. The van der Waals surface area contributed by atoms with Gasteiger partial charge in [0.25, 0.3) is 0 Å². The van der Waals surface area contributed by atoms with Crippen LogP contribution in [0, 0.1) is 0 Å². The van der Waals surface area contributed by atoms with Crippen LogP contribution in [0.1, 0.15) is 30.5 Å². The molecule has 0 bridgehead atoms. The van der Waals surface area contributed by atoms with Crippen LogP contribution < -0.4 is 0 Å². The van der Waals surface area contributed by atoms with E-state index in [4.69, 9.17) is 4.74 Å². The Hall–Kier alpha value is -1.64. The summed E-state index contributed by atoms with van der Waals surface area (Å²) in [5, 5.41) is 9.87. The van der Waals surface area contributed by atoms with Gasteiger partial charge in [-0.2, -0.15) is 0 Å². The van der Waals surface area contributed by atoms with Gasteiger partial charge in [-0.1, -0.05) is 54.6 Å². The fraction of sp³-hybridized carbons (Fsp3) is 0.294. The molecule has 19 heavy (non-hydrogen) atoms. The first-order valence-electron chi connectivity index (χ1n) is 6.49. The van der Waals surface area contributed by atoms with Crippen LogP contribution in [0.2, 0.25) is 0 Å². The molecule has 2 nitrogen and oxygen atoms in total. The van der Waals surface area contributed by atoms with E-state index in [1.807, 2.05) is 42.5 Å². The molecule has 100 valence electrons. The minimum Gasteiger partial charge on any atom is -0.386 e. The number of hydrogen-bond acceptors (Lipinski definition) is 2. The molecule has 0 aliphatic rings. The van der Waals surface area contributed by atoms with Crippen LogP contribution in [0.3, 0.4) is 0 Å². The highest BCUT2D eigenvalue weighted by atomic mass is 16.5. The first-order chi connectivity index (χ1) is 9.05. The summed E-state index contributed by atoms with van der Waals surface area (Å²) in [6.07, 6.45) is 0. The van der Waals surface area contributed by atoms with Crippen molar-refractivity contribution in [1.29, 1.82) is 0 Å². The van der Waals surface area contributed by atoms with E-state index in [1.54, 1.807) is 13.8 Å². The predicted molar refractivity (Wildman–Crippen MR) is 76.6 cm³/mol. The van der Waals surface area contributed by atoms with Crippen molar-refractivity contribution in [1.82, 2.24) is 0 Å². The Balaban J connectivity index is 1.87. The van der Waals surface area contributed by atoms with Crippen molar-refractivity contribution in [2.45, 2.75) is 32.7 Å². The van der Waals surface area contributed by atoms with E-state index in [0.717, 1.165) is 11.1 Å². The Morgan fingerprint density at radius 1 is 0.842 bits per heavy atom. The summed E-state index contributed by atoms with van der Waals surface area (Å²) >= 11 is 0. The SMILES string of the molecule is CC(C)(O)c1ccc(COCc2ccccc2)cc1. The molecule has 0 aromatic heterocycles. The quantitative estimate of drug-likeness (QED) is 0.885. The summed E-state index contributed by atoms with van der Waals surface area (Å²) in [6, 6.07) is 18.0. The van der Waals surface area contributed by atoms with Gasteiger partial charge in [0.2, 0.25) is 0 Å². The maximum Gasteiger partial charge on any atom is 0.0840 e. The summed E-state index contributed by atoms with van der Waals surface area (Å²) in [6.45, 7) is 4.77. The molecule has 0 aliphatic carbocycles. The van der Waals surface area contributed by atoms with Crippen molar-refractivity contribution < 1.29 is 9.84 Å². The molecule has 2 rings (SSSR count). The molecule has 0 radical (unpaired) electrons. The van der Waals surface area contributed by atoms with Crippen LogP contribution in [-0.2, 0) is 23.6 Å². The molecule has 0 saturated carbocycles. The lowest BCUT2D eigenvalue weighted by molar-refractivity contribution is 0.0783. The Bertz CT molecular complexity index is 495. The molecular formula is C17H20O2. The molecule has 0 amide bonds.